The van der Waals surface area contributed by atoms with E-state index in [1.807, 2.05) is 0 Å². The van der Waals surface area contributed by atoms with Crippen molar-refractivity contribution in [2.75, 3.05) is 11.5 Å². The molecule has 0 N–H and O–H groups in total. The molecule has 0 aromatic heterocycles. The number of carbonyl (C=O) groups is 1. The fraction of sp³-hybridized carbons (Fsp3) is 0.500. The Morgan fingerprint density at radius 2 is 1.83 bits per heavy atom. The Labute approximate surface area is 110 Å². The van der Waals surface area contributed by atoms with Crippen molar-refractivity contribution in [3.8, 4) is 0 Å². The van der Waals surface area contributed by atoms with Crippen LogP contribution in [0.2, 0.25) is 0 Å². The van der Waals surface area contributed by atoms with Gasteiger partial charge in [0.2, 0.25) is 0 Å². The van der Waals surface area contributed by atoms with E-state index in [2.05, 4.69) is 13.8 Å². The number of benzene rings is 1. The lowest BCUT2D eigenvalue weighted by atomic mass is 10.1. The molecule has 0 aliphatic rings. The van der Waals surface area contributed by atoms with Gasteiger partial charge >= 0.3 is 0 Å². The van der Waals surface area contributed by atoms with Crippen LogP contribution in [0.15, 0.2) is 24.3 Å². The summed E-state index contributed by atoms with van der Waals surface area (Å²) in [6.45, 7) is 4.17. The maximum atomic E-state index is 12.7. The van der Waals surface area contributed by atoms with E-state index in [0.29, 0.717) is 23.0 Å². The molecule has 1 atom stereocenters. The molecule has 1 aromatic carbocycles. The molecule has 1 aromatic rings. The van der Waals surface area contributed by atoms with Crippen LogP contribution < -0.4 is 0 Å². The van der Waals surface area contributed by atoms with E-state index in [0.717, 1.165) is 6.42 Å². The van der Waals surface area contributed by atoms with Gasteiger partial charge in [-0.25, -0.2) is 4.39 Å². The lowest BCUT2D eigenvalue weighted by Gasteiger charge is -2.04. The second-order valence-electron chi connectivity index (χ2n) is 4.71. The van der Waals surface area contributed by atoms with E-state index in [4.69, 9.17) is 0 Å². The normalized spacial score (nSPS) is 12.7. The fourth-order valence-electron chi connectivity index (χ4n) is 1.46. The first-order chi connectivity index (χ1) is 8.49. The average molecular weight is 270 g/mol. The molecule has 0 radical (unpaired) electrons. The van der Waals surface area contributed by atoms with E-state index in [1.54, 1.807) is 0 Å². The topological polar surface area (TPSA) is 34.1 Å². The highest BCUT2D eigenvalue weighted by Crippen LogP contribution is 2.07. The maximum absolute atomic E-state index is 12.7. The Morgan fingerprint density at radius 3 is 2.39 bits per heavy atom. The molecule has 0 fully saturated rings. The van der Waals surface area contributed by atoms with Crippen LogP contribution in [0.4, 0.5) is 4.39 Å². The predicted octanol–water partition coefficient (Wildman–Crippen LogP) is 3.19. The maximum Gasteiger partial charge on any atom is 0.163 e. The van der Waals surface area contributed by atoms with Crippen molar-refractivity contribution in [3.63, 3.8) is 0 Å². The van der Waals surface area contributed by atoms with Gasteiger partial charge in [0.05, 0.1) is 0 Å². The zero-order chi connectivity index (χ0) is 13.5. The third-order valence-electron chi connectivity index (χ3n) is 2.65. The van der Waals surface area contributed by atoms with E-state index < -0.39 is 10.8 Å². The number of ketones is 1. The summed E-state index contributed by atoms with van der Waals surface area (Å²) in [7, 11) is -0.934. The average Bonchev–Trinajstić information content (AvgIpc) is 2.34. The Bertz CT molecular complexity index is 412. The van der Waals surface area contributed by atoms with Gasteiger partial charge in [0.25, 0.3) is 0 Å². The molecule has 0 spiro atoms. The Morgan fingerprint density at radius 1 is 1.22 bits per heavy atom. The molecule has 1 rings (SSSR count). The first-order valence-corrected chi connectivity index (χ1v) is 7.61. The Balaban J connectivity index is 2.37. The summed E-state index contributed by atoms with van der Waals surface area (Å²) in [5.74, 6) is 1.14. The van der Waals surface area contributed by atoms with Crippen molar-refractivity contribution >= 4 is 16.6 Å². The zero-order valence-corrected chi connectivity index (χ0v) is 11.6. The third-order valence-corrected chi connectivity index (χ3v) is 4.00. The SMILES string of the molecule is CC(C)CCS(=O)CCC(=O)c1ccc(F)cc1. The van der Waals surface area contributed by atoms with Crippen LogP contribution in [0.3, 0.4) is 0 Å². The van der Waals surface area contributed by atoms with Gasteiger partial charge in [-0.3, -0.25) is 9.00 Å². The van der Waals surface area contributed by atoms with Gasteiger partial charge in [0.15, 0.2) is 5.78 Å². The van der Waals surface area contributed by atoms with Crippen molar-refractivity contribution in [1.29, 1.82) is 0 Å². The summed E-state index contributed by atoms with van der Waals surface area (Å²) in [5, 5.41) is 0. The van der Waals surface area contributed by atoms with Crippen LogP contribution in [0, 0.1) is 11.7 Å². The number of hydrogen-bond donors (Lipinski definition) is 0. The molecule has 18 heavy (non-hydrogen) atoms. The summed E-state index contributed by atoms with van der Waals surface area (Å²) in [4.78, 5) is 11.7. The monoisotopic (exact) mass is 270 g/mol. The van der Waals surface area contributed by atoms with Gasteiger partial charge in [0.1, 0.15) is 5.82 Å². The van der Waals surface area contributed by atoms with Crippen molar-refractivity contribution in [2.45, 2.75) is 26.7 Å². The second kappa shape index (κ2) is 7.41. The molecule has 0 aliphatic carbocycles. The van der Waals surface area contributed by atoms with Crippen LogP contribution >= 0.6 is 0 Å². The van der Waals surface area contributed by atoms with Crippen LogP contribution in [0.5, 0.6) is 0 Å². The molecule has 0 amide bonds. The number of hydrogen-bond acceptors (Lipinski definition) is 2. The summed E-state index contributed by atoms with van der Waals surface area (Å²) >= 11 is 0. The fourth-order valence-corrected chi connectivity index (χ4v) is 2.81. The predicted molar refractivity (Wildman–Crippen MR) is 72.7 cm³/mol. The van der Waals surface area contributed by atoms with E-state index in [9.17, 15) is 13.4 Å². The molecular formula is C14H19FO2S. The van der Waals surface area contributed by atoms with Gasteiger partial charge in [-0.2, -0.15) is 0 Å². The summed E-state index contributed by atoms with van der Waals surface area (Å²) in [6, 6.07) is 5.47. The van der Waals surface area contributed by atoms with Crippen molar-refractivity contribution in [2.24, 2.45) is 5.92 Å². The highest BCUT2D eigenvalue weighted by molar-refractivity contribution is 7.84. The van der Waals surface area contributed by atoms with Gasteiger partial charge in [-0.15, -0.1) is 0 Å². The minimum Gasteiger partial charge on any atom is -0.294 e. The highest BCUT2D eigenvalue weighted by Gasteiger charge is 2.09. The summed E-state index contributed by atoms with van der Waals surface area (Å²) in [5.41, 5.74) is 0.484. The standard InChI is InChI=1S/C14H19FO2S/c1-11(2)7-9-18(17)10-8-14(16)12-3-5-13(15)6-4-12/h3-6,11H,7-10H2,1-2H3. The van der Waals surface area contributed by atoms with Gasteiger partial charge in [-0.1, -0.05) is 13.8 Å². The van der Waals surface area contributed by atoms with Crippen molar-refractivity contribution in [3.05, 3.63) is 35.6 Å². The molecule has 0 saturated carbocycles. The Kier molecular flexibility index (Phi) is 6.19. The van der Waals surface area contributed by atoms with E-state index in [-0.39, 0.29) is 18.0 Å². The number of carbonyl (C=O) groups excluding carboxylic acids is 1. The van der Waals surface area contributed by atoms with Crippen LogP contribution in [-0.4, -0.2) is 21.5 Å². The van der Waals surface area contributed by atoms with E-state index in [1.165, 1.54) is 24.3 Å². The minimum atomic E-state index is -0.934. The molecule has 0 aliphatic heterocycles. The quantitative estimate of drug-likeness (QED) is 0.713. The smallest absolute Gasteiger partial charge is 0.163 e. The number of Topliss-reactive ketones (excluding diaryl/α,β-unsaturated/α-hetero) is 1. The van der Waals surface area contributed by atoms with E-state index >= 15 is 0 Å². The molecule has 0 heterocycles. The van der Waals surface area contributed by atoms with Crippen LogP contribution in [0.1, 0.15) is 37.0 Å². The van der Waals surface area contributed by atoms with Crippen molar-refractivity contribution < 1.29 is 13.4 Å². The Hall–Kier alpha value is -1.03. The highest BCUT2D eigenvalue weighted by atomic mass is 32.2. The van der Waals surface area contributed by atoms with Gasteiger partial charge in [0, 0.05) is 34.3 Å². The summed E-state index contributed by atoms with van der Waals surface area (Å²) < 4.78 is 24.3. The molecule has 0 saturated heterocycles. The minimum absolute atomic E-state index is 0.0760. The molecule has 2 nitrogen and oxygen atoms in total. The second-order valence-corrected chi connectivity index (χ2v) is 6.41. The number of halogens is 1. The lowest BCUT2D eigenvalue weighted by molar-refractivity contribution is 0.0989. The molecule has 4 heteroatoms. The first kappa shape index (κ1) is 15.0. The van der Waals surface area contributed by atoms with Crippen molar-refractivity contribution in [1.82, 2.24) is 0 Å². The third kappa shape index (κ3) is 5.54. The first-order valence-electron chi connectivity index (χ1n) is 6.12. The van der Waals surface area contributed by atoms with Gasteiger partial charge < -0.3 is 0 Å². The van der Waals surface area contributed by atoms with Crippen LogP contribution in [0.25, 0.3) is 0 Å². The lowest BCUT2D eigenvalue weighted by Crippen LogP contribution is -2.10. The van der Waals surface area contributed by atoms with Crippen LogP contribution in [-0.2, 0) is 10.8 Å². The molecule has 100 valence electrons. The molecular weight excluding hydrogens is 251 g/mol. The zero-order valence-electron chi connectivity index (χ0n) is 10.8. The largest absolute Gasteiger partial charge is 0.294 e. The summed E-state index contributed by atoms with van der Waals surface area (Å²) in [6.07, 6.45) is 1.17. The van der Waals surface area contributed by atoms with Gasteiger partial charge in [-0.05, 0) is 36.6 Å². The molecule has 0 bridgehead atoms. The number of rotatable bonds is 7. The molecule has 1 unspecified atom stereocenters.